The van der Waals surface area contributed by atoms with Gasteiger partial charge >= 0.3 is 11.8 Å². The molecule has 0 aromatic carbocycles. The van der Waals surface area contributed by atoms with Gasteiger partial charge in [0.05, 0.1) is 0 Å². The highest BCUT2D eigenvalue weighted by Crippen LogP contribution is 2.14. The normalized spacial score (nSPS) is 16.7. The van der Waals surface area contributed by atoms with Crippen molar-refractivity contribution in [2.24, 2.45) is 5.10 Å². The fraction of sp³-hybridized carbons (Fsp3) is 0.769. The number of carbonyl (C=O) groups excluding carboxylic acids is 2. The number of nitrogens with zero attached hydrogens (tertiary/aromatic N) is 1. The van der Waals surface area contributed by atoms with E-state index in [2.05, 4.69) is 15.8 Å². The molecular formula is C13H23N3O2. The predicted octanol–water partition coefficient (Wildman–Crippen LogP) is 1.73. The smallest absolute Gasteiger partial charge is 0.329 e. The van der Waals surface area contributed by atoms with Gasteiger partial charge in [-0.3, -0.25) is 9.59 Å². The molecule has 1 fully saturated rings. The Morgan fingerprint density at radius 1 is 1.00 bits per heavy atom. The van der Waals surface area contributed by atoms with Crippen LogP contribution in [0.2, 0.25) is 0 Å². The molecular weight excluding hydrogens is 230 g/mol. The fourth-order valence-electron chi connectivity index (χ4n) is 1.93. The van der Waals surface area contributed by atoms with E-state index in [1.807, 2.05) is 13.8 Å². The van der Waals surface area contributed by atoms with Crippen LogP contribution in [0.25, 0.3) is 0 Å². The van der Waals surface area contributed by atoms with E-state index < -0.39 is 11.8 Å². The van der Waals surface area contributed by atoms with Crippen LogP contribution >= 0.6 is 0 Å². The Hall–Kier alpha value is -1.39. The number of hydrogen-bond acceptors (Lipinski definition) is 3. The molecule has 0 aromatic rings. The zero-order valence-corrected chi connectivity index (χ0v) is 11.3. The van der Waals surface area contributed by atoms with Gasteiger partial charge in [0.1, 0.15) is 0 Å². The third kappa shape index (κ3) is 5.80. The van der Waals surface area contributed by atoms with Gasteiger partial charge in [0.2, 0.25) is 0 Å². The van der Waals surface area contributed by atoms with Gasteiger partial charge in [-0.25, -0.2) is 5.43 Å². The van der Waals surface area contributed by atoms with E-state index >= 15 is 0 Å². The van der Waals surface area contributed by atoms with Crippen molar-refractivity contribution in [3.8, 4) is 0 Å². The monoisotopic (exact) mass is 253 g/mol. The molecule has 1 aliphatic rings. The third-order valence-electron chi connectivity index (χ3n) is 2.87. The van der Waals surface area contributed by atoms with Gasteiger partial charge in [0.25, 0.3) is 0 Å². The lowest BCUT2D eigenvalue weighted by molar-refractivity contribution is -0.139. The second kappa shape index (κ2) is 7.84. The van der Waals surface area contributed by atoms with Gasteiger partial charge < -0.3 is 5.32 Å². The lowest BCUT2D eigenvalue weighted by Gasteiger charge is -2.11. The Bertz CT molecular complexity index is 314. The minimum absolute atomic E-state index is 0.0442. The summed E-state index contributed by atoms with van der Waals surface area (Å²) >= 11 is 0. The molecule has 0 unspecified atom stereocenters. The van der Waals surface area contributed by atoms with Gasteiger partial charge in [-0.1, -0.05) is 19.3 Å². The minimum atomic E-state index is -0.682. The van der Waals surface area contributed by atoms with Crippen molar-refractivity contribution in [3.05, 3.63) is 0 Å². The van der Waals surface area contributed by atoms with Crippen LogP contribution in [0.4, 0.5) is 0 Å². The second-order valence-electron chi connectivity index (χ2n) is 5.01. The van der Waals surface area contributed by atoms with Crippen LogP contribution in [0.1, 0.15) is 58.8 Å². The molecule has 5 nitrogen and oxygen atoms in total. The van der Waals surface area contributed by atoms with Crippen LogP contribution in [0.15, 0.2) is 5.10 Å². The number of rotatable bonds is 2. The summed E-state index contributed by atoms with van der Waals surface area (Å²) in [4.78, 5) is 22.8. The Morgan fingerprint density at radius 3 is 2.11 bits per heavy atom. The van der Waals surface area contributed by atoms with Crippen molar-refractivity contribution in [1.29, 1.82) is 0 Å². The lowest BCUT2D eigenvalue weighted by Crippen LogP contribution is -2.41. The molecule has 0 atom stereocenters. The highest BCUT2D eigenvalue weighted by molar-refractivity contribution is 6.35. The van der Waals surface area contributed by atoms with E-state index in [0.29, 0.717) is 0 Å². The van der Waals surface area contributed by atoms with Gasteiger partial charge in [-0.15, -0.1) is 0 Å². The highest BCUT2D eigenvalue weighted by atomic mass is 16.2. The Morgan fingerprint density at radius 2 is 1.56 bits per heavy atom. The summed E-state index contributed by atoms with van der Waals surface area (Å²) in [7, 11) is 0. The third-order valence-corrected chi connectivity index (χ3v) is 2.87. The van der Waals surface area contributed by atoms with Gasteiger partial charge in [-0.05, 0) is 39.5 Å². The molecule has 18 heavy (non-hydrogen) atoms. The number of nitrogens with one attached hydrogen (secondary N) is 2. The predicted molar refractivity (Wildman–Crippen MR) is 71.2 cm³/mol. The van der Waals surface area contributed by atoms with E-state index in [0.717, 1.165) is 31.4 Å². The zero-order chi connectivity index (χ0) is 13.4. The van der Waals surface area contributed by atoms with Gasteiger partial charge in [-0.2, -0.15) is 5.10 Å². The number of hydrogen-bond donors (Lipinski definition) is 2. The number of hydrazone groups is 1. The fourth-order valence-corrected chi connectivity index (χ4v) is 1.93. The van der Waals surface area contributed by atoms with Crippen LogP contribution in [0.5, 0.6) is 0 Å². The summed E-state index contributed by atoms with van der Waals surface area (Å²) in [5, 5.41) is 6.60. The topological polar surface area (TPSA) is 70.6 Å². The molecule has 0 heterocycles. The minimum Gasteiger partial charge on any atom is -0.346 e. The van der Waals surface area contributed by atoms with Gasteiger partial charge in [0, 0.05) is 11.8 Å². The highest BCUT2D eigenvalue weighted by Gasteiger charge is 2.14. The van der Waals surface area contributed by atoms with Crippen molar-refractivity contribution < 1.29 is 9.59 Å². The molecule has 2 amide bonds. The SMILES string of the molecule is CC(C)NC(=O)C(=O)NN=C1CCCCCCC1. The van der Waals surface area contributed by atoms with Crippen molar-refractivity contribution in [1.82, 2.24) is 10.7 Å². The summed E-state index contributed by atoms with van der Waals surface area (Å²) in [6, 6.07) is -0.0442. The Labute approximate surface area is 108 Å². The molecule has 1 aliphatic carbocycles. The molecule has 5 heteroatoms. The Balaban J connectivity index is 2.40. The van der Waals surface area contributed by atoms with Crippen molar-refractivity contribution in [3.63, 3.8) is 0 Å². The van der Waals surface area contributed by atoms with E-state index in [1.54, 1.807) is 0 Å². The first-order chi connectivity index (χ1) is 8.59. The second-order valence-corrected chi connectivity index (χ2v) is 5.01. The molecule has 102 valence electrons. The van der Waals surface area contributed by atoms with Crippen LogP contribution in [-0.2, 0) is 9.59 Å². The molecule has 0 aromatic heterocycles. The largest absolute Gasteiger partial charge is 0.346 e. The van der Waals surface area contributed by atoms with Gasteiger partial charge in [0.15, 0.2) is 0 Å². The molecule has 0 aliphatic heterocycles. The summed E-state index contributed by atoms with van der Waals surface area (Å²) in [5.74, 6) is -1.31. The van der Waals surface area contributed by atoms with Crippen molar-refractivity contribution in [2.45, 2.75) is 64.8 Å². The summed E-state index contributed by atoms with van der Waals surface area (Å²) in [6.45, 7) is 3.62. The van der Waals surface area contributed by atoms with E-state index in [4.69, 9.17) is 0 Å². The molecule has 1 saturated carbocycles. The summed E-state index contributed by atoms with van der Waals surface area (Å²) in [6.07, 6.45) is 7.82. The van der Waals surface area contributed by atoms with Crippen LogP contribution in [0.3, 0.4) is 0 Å². The molecule has 0 bridgehead atoms. The maximum Gasteiger partial charge on any atom is 0.329 e. The maximum atomic E-state index is 11.4. The van der Waals surface area contributed by atoms with Crippen LogP contribution < -0.4 is 10.7 Å². The molecule has 0 radical (unpaired) electrons. The number of amides is 2. The lowest BCUT2D eigenvalue weighted by atomic mass is 9.99. The summed E-state index contributed by atoms with van der Waals surface area (Å²) in [5.41, 5.74) is 3.34. The standard InChI is InChI=1S/C13H23N3O2/c1-10(2)14-12(17)13(18)16-15-11-8-6-4-3-5-7-9-11/h10H,3-9H2,1-2H3,(H,14,17)(H,16,18). The quantitative estimate of drug-likeness (QED) is 0.581. The molecule has 0 saturated heterocycles. The van der Waals surface area contributed by atoms with Crippen molar-refractivity contribution >= 4 is 17.5 Å². The average molecular weight is 253 g/mol. The zero-order valence-electron chi connectivity index (χ0n) is 11.3. The average Bonchev–Trinajstić information content (AvgIpc) is 2.26. The first-order valence-corrected chi connectivity index (χ1v) is 6.76. The number of carbonyl (C=O) groups is 2. The molecule has 1 rings (SSSR count). The molecule has 0 spiro atoms. The van der Waals surface area contributed by atoms with E-state index in [9.17, 15) is 9.59 Å². The molecule has 2 N–H and O–H groups in total. The van der Waals surface area contributed by atoms with E-state index in [1.165, 1.54) is 19.3 Å². The van der Waals surface area contributed by atoms with Crippen molar-refractivity contribution in [2.75, 3.05) is 0 Å². The first-order valence-electron chi connectivity index (χ1n) is 6.76. The Kier molecular flexibility index (Phi) is 6.39. The maximum absolute atomic E-state index is 11.4. The summed E-state index contributed by atoms with van der Waals surface area (Å²) < 4.78 is 0. The first kappa shape index (κ1) is 14.7. The van der Waals surface area contributed by atoms with E-state index in [-0.39, 0.29) is 6.04 Å². The van der Waals surface area contributed by atoms with Crippen LogP contribution in [-0.4, -0.2) is 23.6 Å². The van der Waals surface area contributed by atoms with Crippen LogP contribution in [0, 0.1) is 0 Å².